The summed E-state index contributed by atoms with van der Waals surface area (Å²) in [5, 5.41) is 8.86. The molecular weight excluding hydrogens is 190 g/mol. The number of aliphatic hydroxyl groups excluding tert-OH is 1. The van der Waals surface area contributed by atoms with E-state index in [2.05, 4.69) is 4.72 Å². The SMILES string of the molecule is CCS(=O)(=O)NC1CCC(CO)C1. The molecule has 0 aromatic heterocycles. The predicted octanol–water partition coefficient (Wildman–Crippen LogP) is 0.0867. The van der Waals surface area contributed by atoms with Crippen molar-refractivity contribution in [1.29, 1.82) is 0 Å². The van der Waals surface area contributed by atoms with Crippen LogP contribution in [-0.4, -0.2) is 31.9 Å². The molecule has 1 fully saturated rings. The van der Waals surface area contributed by atoms with Crippen molar-refractivity contribution in [3.05, 3.63) is 0 Å². The molecular formula is C8H17NO3S. The van der Waals surface area contributed by atoms with Gasteiger partial charge in [-0.05, 0) is 32.1 Å². The molecule has 1 saturated carbocycles. The molecule has 2 atom stereocenters. The Morgan fingerprint density at radius 3 is 2.62 bits per heavy atom. The molecule has 1 aliphatic carbocycles. The Hall–Kier alpha value is -0.130. The van der Waals surface area contributed by atoms with E-state index in [0.717, 1.165) is 19.3 Å². The third-order valence-electron chi connectivity index (χ3n) is 2.53. The topological polar surface area (TPSA) is 66.4 Å². The highest BCUT2D eigenvalue weighted by molar-refractivity contribution is 7.89. The van der Waals surface area contributed by atoms with E-state index in [1.54, 1.807) is 6.92 Å². The smallest absolute Gasteiger partial charge is 0.211 e. The third kappa shape index (κ3) is 3.25. The zero-order chi connectivity index (χ0) is 9.90. The highest BCUT2D eigenvalue weighted by Crippen LogP contribution is 2.25. The van der Waals surface area contributed by atoms with Gasteiger partial charge in [0.05, 0.1) is 5.75 Å². The fraction of sp³-hybridized carbons (Fsp3) is 1.00. The Balaban J connectivity index is 2.40. The molecule has 13 heavy (non-hydrogen) atoms. The lowest BCUT2D eigenvalue weighted by molar-refractivity contribution is 0.228. The monoisotopic (exact) mass is 207 g/mol. The van der Waals surface area contributed by atoms with Crippen molar-refractivity contribution in [2.24, 2.45) is 5.92 Å². The number of sulfonamides is 1. The minimum atomic E-state index is -3.07. The van der Waals surface area contributed by atoms with Gasteiger partial charge in [0.15, 0.2) is 0 Å². The highest BCUT2D eigenvalue weighted by atomic mass is 32.2. The summed E-state index contributed by atoms with van der Waals surface area (Å²) in [5.41, 5.74) is 0. The molecule has 1 rings (SSSR count). The first kappa shape index (κ1) is 10.9. The first-order chi connectivity index (χ1) is 6.07. The van der Waals surface area contributed by atoms with Gasteiger partial charge in [-0.2, -0.15) is 0 Å². The number of nitrogens with one attached hydrogen (secondary N) is 1. The number of aliphatic hydroxyl groups is 1. The van der Waals surface area contributed by atoms with Crippen molar-refractivity contribution in [3.8, 4) is 0 Å². The van der Waals surface area contributed by atoms with Crippen LogP contribution in [0, 0.1) is 5.92 Å². The fourth-order valence-electron chi connectivity index (χ4n) is 1.69. The summed E-state index contributed by atoms with van der Waals surface area (Å²) < 4.78 is 25.0. The van der Waals surface area contributed by atoms with Gasteiger partial charge in [0.25, 0.3) is 0 Å². The van der Waals surface area contributed by atoms with Crippen LogP contribution in [0.1, 0.15) is 26.2 Å². The quantitative estimate of drug-likeness (QED) is 0.686. The summed E-state index contributed by atoms with van der Waals surface area (Å²) in [5.74, 6) is 0.414. The second-order valence-corrected chi connectivity index (χ2v) is 5.62. The van der Waals surface area contributed by atoms with Crippen molar-refractivity contribution in [2.45, 2.75) is 32.2 Å². The van der Waals surface area contributed by atoms with Gasteiger partial charge in [-0.3, -0.25) is 0 Å². The van der Waals surface area contributed by atoms with Crippen LogP contribution >= 0.6 is 0 Å². The fourth-order valence-corrected chi connectivity index (χ4v) is 2.57. The number of hydrogen-bond acceptors (Lipinski definition) is 3. The van der Waals surface area contributed by atoms with Crippen molar-refractivity contribution in [2.75, 3.05) is 12.4 Å². The molecule has 0 amide bonds. The Morgan fingerprint density at radius 2 is 2.15 bits per heavy atom. The van der Waals surface area contributed by atoms with Gasteiger partial charge in [0.1, 0.15) is 0 Å². The van der Waals surface area contributed by atoms with Crippen LogP contribution in [0.4, 0.5) is 0 Å². The average Bonchev–Trinajstić information content (AvgIpc) is 2.52. The molecule has 0 aromatic rings. The van der Waals surface area contributed by atoms with Gasteiger partial charge < -0.3 is 5.11 Å². The summed E-state index contributed by atoms with van der Waals surface area (Å²) in [4.78, 5) is 0. The molecule has 0 heterocycles. The maximum absolute atomic E-state index is 11.2. The molecule has 0 radical (unpaired) electrons. The number of rotatable bonds is 4. The van der Waals surface area contributed by atoms with Gasteiger partial charge in [-0.25, -0.2) is 13.1 Å². The van der Waals surface area contributed by atoms with Crippen molar-refractivity contribution < 1.29 is 13.5 Å². The van der Waals surface area contributed by atoms with E-state index >= 15 is 0 Å². The van der Waals surface area contributed by atoms with E-state index in [1.165, 1.54) is 0 Å². The summed E-state index contributed by atoms with van der Waals surface area (Å²) >= 11 is 0. The summed E-state index contributed by atoms with van der Waals surface area (Å²) in [6.07, 6.45) is 2.55. The number of hydrogen-bond donors (Lipinski definition) is 2. The zero-order valence-electron chi connectivity index (χ0n) is 7.86. The van der Waals surface area contributed by atoms with Crippen molar-refractivity contribution in [3.63, 3.8) is 0 Å². The lowest BCUT2D eigenvalue weighted by atomic mass is 10.1. The molecule has 0 saturated heterocycles. The highest BCUT2D eigenvalue weighted by Gasteiger charge is 2.26. The standard InChI is InChI=1S/C8H17NO3S/c1-2-13(11,12)9-8-4-3-7(5-8)6-10/h7-10H,2-6H2,1H3. The van der Waals surface area contributed by atoms with E-state index in [9.17, 15) is 8.42 Å². The first-order valence-electron chi connectivity index (χ1n) is 4.68. The van der Waals surface area contributed by atoms with Gasteiger partial charge in [0, 0.05) is 12.6 Å². The Labute approximate surface area is 79.4 Å². The normalized spacial score (nSPS) is 29.4. The van der Waals surface area contributed by atoms with Crippen molar-refractivity contribution in [1.82, 2.24) is 4.72 Å². The third-order valence-corrected chi connectivity index (χ3v) is 3.98. The van der Waals surface area contributed by atoms with Gasteiger partial charge in [-0.1, -0.05) is 0 Å². The lowest BCUT2D eigenvalue weighted by Gasteiger charge is -2.11. The summed E-state index contributed by atoms with van der Waals surface area (Å²) in [7, 11) is -3.07. The van der Waals surface area contributed by atoms with E-state index < -0.39 is 10.0 Å². The molecule has 5 heteroatoms. The molecule has 2 N–H and O–H groups in total. The first-order valence-corrected chi connectivity index (χ1v) is 6.33. The van der Waals surface area contributed by atoms with Crippen molar-refractivity contribution >= 4 is 10.0 Å². The van der Waals surface area contributed by atoms with Gasteiger partial charge in [0.2, 0.25) is 10.0 Å². The average molecular weight is 207 g/mol. The molecule has 0 bridgehead atoms. The van der Waals surface area contributed by atoms with E-state index in [0.29, 0.717) is 0 Å². The Kier molecular flexibility index (Phi) is 3.70. The lowest BCUT2D eigenvalue weighted by Crippen LogP contribution is -2.34. The van der Waals surface area contributed by atoms with Gasteiger partial charge >= 0.3 is 0 Å². The van der Waals surface area contributed by atoms with E-state index in [-0.39, 0.29) is 24.3 Å². The maximum atomic E-state index is 11.2. The molecule has 0 aromatic carbocycles. The molecule has 2 unspecified atom stereocenters. The van der Waals surface area contributed by atoms with Crippen LogP contribution in [0.2, 0.25) is 0 Å². The molecule has 1 aliphatic rings. The predicted molar refractivity (Wildman–Crippen MR) is 50.8 cm³/mol. The Morgan fingerprint density at radius 1 is 1.46 bits per heavy atom. The van der Waals surface area contributed by atoms with E-state index in [1.807, 2.05) is 0 Å². The molecule has 0 spiro atoms. The van der Waals surface area contributed by atoms with Crippen LogP contribution in [-0.2, 0) is 10.0 Å². The van der Waals surface area contributed by atoms with Crippen LogP contribution in [0.3, 0.4) is 0 Å². The minimum absolute atomic E-state index is 0.0436. The summed E-state index contributed by atoms with van der Waals surface area (Å²) in [6, 6.07) is 0.0436. The largest absolute Gasteiger partial charge is 0.396 e. The Bertz CT molecular complexity index is 250. The molecule has 0 aliphatic heterocycles. The molecule has 4 nitrogen and oxygen atoms in total. The minimum Gasteiger partial charge on any atom is -0.396 e. The summed E-state index contributed by atoms with van der Waals surface area (Å²) in [6.45, 7) is 1.80. The van der Waals surface area contributed by atoms with Crippen LogP contribution in [0.5, 0.6) is 0 Å². The zero-order valence-corrected chi connectivity index (χ0v) is 8.68. The van der Waals surface area contributed by atoms with Crippen LogP contribution in [0.15, 0.2) is 0 Å². The van der Waals surface area contributed by atoms with E-state index in [4.69, 9.17) is 5.11 Å². The molecule has 78 valence electrons. The van der Waals surface area contributed by atoms with Crippen LogP contribution in [0.25, 0.3) is 0 Å². The second-order valence-electron chi connectivity index (χ2n) is 3.58. The van der Waals surface area contributed by atoms with Gasteiger partial charge in [-0.15, -0.1) is 0 Å². The second kappa shape index (κ2) is 4.39. The van der Waals surface area contributed by atoms with Crippen LogP contribution < -0.4 is 4.72 Å². The maximum Gasteiger partial charge on any atom is 0.211 e.